The maximum atomic E-state index is 5.32. The maximum absolute atomic E-state index is 5.32. The van der Waals surface area contributed by atoms with Crippen LogP contribution in [0.5, 0.6) is 0 Å². The standard InChI is InChI=1S/C4H12NO2P.ClH/c1-3-6-8(5)7-4-2;/h3-5H2,1-2H3;1H. The number of hydrogen-bond acceptors (Lipinski definition) is 3. The highest BCUT2D eigenvalue weighted by Gasteiger charge is 1.97. The molecule has 9 heavy (non-hydrogen) atoms. The van der Waals surface area contributed by atoms with E-state index >= 15 is 0 Å². The van der Waals surface area contributed by atoms with Crippen LogP contribution in [-0.4, -0.2) is 13.2 Å². The molecule has 0 aromatic rings. The van der Waals surface area contributed by atoms with Crippen molar-refractivity contribution in [2.24, 2.45) is 5.50 Å². The van der Waals surface area contributed by atoms with Crippen LogP contribution in [0.15, 0.2) is 0 Å². The van der Waals surface area contributed by atoms with Crippen LogP contribution in [0.1, 0.15) is 13.8 Å². The largest absolute Gasteiger partial charge is 0.323 e. The zero-order valence-corrected chi connectivity index (χ0v) is 7.37. The van der Waals surface area contributed by atoms with Crippen molar-refractivity contribution >= 4 is 20.9 Å². The second-order valence-electron chi connectivity index (χ2n) is 1.12. The average molecular weight is 174 g/mol. The molecule has 5 heteroatoms. The Kier molecular flexibility index (Phi) is 11.7. The van der Waals surface area contributed by atoms with Crippen molar-refractivity contribution in [1.29, 1.82) is 0 Å². The minimum absolute atomic E-state index is 0. The molecule has 0 fully saturated rings. The molecule has 0 aliphatic heterocycles. The molecule has 0 saturated carbocycles. The fraction of sp³-hybridized carbons (Fsp3) is 1.00. The van der Waals surface area contributed by atoms with Crippen molar-refractivity contribution in [3.8, 4) is 0 Å². The normalized spacial score (nSPS) is 9.33. The van der Waals surface area contributed by atoms with Gasteiger partial charge < -0.3 is 9.05 Å². The van der Waals surface area contributed by atoms with E-state index in [0.29, 0.717) is 13.2 Å². The van der Waals surface area contributed by atoms with Crippen LogP contribution in [-0.2, 0) is 9.05 Å². The van der Waals surface area contributed by atoms with Gasteiger partial charge in [-0.3, -0.25) is 5.50 Å². The number of halogens is 1. The van der Waals surface area contributed by atoms with Gasteiger partial charge in [0.1, 0.15) is 0 Å². The van der Waals surface area contributed by atoms with Crippen molar-refractivity contribution < 1.29 is 9.05 Å². The highest BCUT2D eigenvalue weighted by molar-refractivity contribution is 7.44. The van der Waals surface area contributed by atoms with E-state index in [1.165, 1.54) is 0 Å². The molecule has 3 nitrogen and oxygen atoms in total. The van der Waals surface area contributed by atoms with Gasteiger partial charge in [0, 0.05) is 0 Å². The van der Waals surface area contributed by atoms with Crippen molar-refractivity contribution in [3.05, 3.63) is 0 Å². The summed E-state index contributed by atoms with van der Waals surface area (Å²) in [5, 5.41) is 0. The number of nitrogens with two attached hydrogens (primary N) is 1. The molecule has 0 atom stereocenters. The third-order valence-electron chi connectivity index (χ3n) is 0.513. The third kappa shape index (κ3) is 8.60. The smallest absolute Gasteiger partial charge is 0.252 e. The van der Waals surface area contributed by atoms with Crippen LogP contribution >= 0.6 is 20.9 Å². The van der Waals surface area contributed by atoms with E-state index in [-0.39, 0.29) is 12.4 Å². The van der Waals surface area contributed by atoms with Gasteiger partial charge in [-0.1, -0.05) is 0 Å². The van der Waals surface area contributed by atoms with Crippen LogP contribution in [0, 0.1) is 0 Å². The first-order valence-electron chi connectivity index (χ1n) is 2.61. The first-order valence-corrected chi connectivity index (χ1v) is 3.86. The van der Waals surface area contributed by atoms with Gasteiger partial charge in [0.2, 0.25) is 0 Å². The van der Waals surface area contributed by atoms with Crippen LogP contribution in [0.4, 0.5) is 0 Å². The molecule has 0 heterocycles. The van der Waals surface area contributed by atoms with Crippen molar-refractivity contribution in [2.75, 3.05) is 13.2 Å². The van der Waals surface area contributed by atoms with Gasteiger partial charge >= 0.3 is 0 Å². The predicted molar refractivity (Wildman–Crippen MR) is 41.6 cm³/mol. The number of rotatable bonds is 4. The maximum Gasteiger partial charge on any atom is 0.252 e. The molecule has 0 amide bonds. The Hall–Kier alpha value is 0.600. The van der Waals surface area contributed by atoms with Gasteiger partial charge in [-0.15, -0.1) is 12.4 Å². The van der Waals surface area contributed by atoms with Gasteiger partial charge in [-0.05, 0) is 13.8 Å². The van der Waals surface area contributed by atoms with E-state index in [1.54, 1.807) is 0 Å². The van der Waals surface area contributed by atoms with Crippen molar-refractivity contribution in [1.82, 2.24) is 0 Å². The molecule has 0 bridgehead atoms. The van der Waals surface area contributed by atoms with Crippen LogP contribution in [0.2, 0.25) is 0 Å². The van der Waals surface area contributed by atoms with Gasteiger partial charge in [0.25, 0.3) is 8.53 Å². The Labute approximate surface area is 63.3 Å². The summed E-state index contributed by atoms with van der Waals surface area (Å²) in [6.07, 6.45) is 0. The Morgan fingerprint density at radius 2 is 1.56 bits per heavy atom. The Morgan fingerprint density at radius 3 is 1.78 bits per heavy atom. The van der Waals surface area contributed by atoms with Crippen LogP contribution < -0.4 is 5.50 Å². The highest BCUT2D eigenvalue weighted by atomic mass is 35.5. The lowest BCUT2D eigenvalue weighted by Gasteiger charge is -2.07. The first-order chi connectivity index (χ1) is 3.81. The molecule has 0 rings (SSSR count). The second kappa shape index (κ2) is 8.60. The topological polar surface area (TPSA) is 44.5 Å². The molecule has 58 valence electrons. The SMILES string of the molecule is CCOP(N)OCC.Cl. The Balaban J connectivity index is 0. The Morgan fingerprint density at radius 1 is 1.22 bits per heavy atom. The van der Waals surface area contributed by atoms with Gasteiger partial charge in [-0.2, -0.15) is 0 Å². The molecule has 0 unspecified atom stereocenters. The minimum atomic E-state index is -1.08. The second-order valence-corrected chi connectivity index (χ2v) is 2.21. The summed E-state index contributed by atoms with van der Waals surface area (Å²) in [7, 11) is -1.08. The molecule has 0 spiro atoms. The summed E-state index contributed by atoms with van der Waals surface area (Å²) in [6.45, 7) is 5.03. The summed E-state index contributed by atoms with van der Waals surface area (Å²) in [4.78, 5) is 0. The van der Waals surface area contributed by atoms with Crippen LogP contribution in [0.25, 0.3) is 0 Å². The zero-order valence-electron chi connectivity index (χ0n) is 5.66. The van der Waals surface area contributed by atoms with Crippen molar-refractivity contribution in [3.63, 3.8) is 0 Å². The minimum Gasteiger partial charge on any atom is -0.323 e. The molecular weight excluding hydrogens is 160 g/mol. The van der Waals surface area contributed by atoms with E-state index in [9.17, 15) is 0 Å². The monoisotopic (exact) mass is 173 g/mol. The van der Waals surface area contributed by atoms with Gasteiger partial charge in [0.05, 0.1) is 13.2 Å². The predicted octanol–water partition coefficient (Wildman–Crippen LogP) is 1.67. The molecule has 0 saturated heterocycles. The summed E-state index contributed by atoms with van der Waals surface area (Å²) in [6, 6.07) is 0. The van der Waals surface area contributed by atoms with E-state index in [0.717, 1.165) is 0 Å². The van der Waals surface area contributed by atoms with E-state index in [4.69, 9.17) is 14.6 Å². The molecule has 0 aromatic carbocycles. The van der Waals surface area contributed by atoms with Crippen LogP contribution in [0.3, 0.4) is 0 Å². The highest BCUT2D eigenvalue weighted by Crippen LogP contribution is 2.26. The fourth-order valence-electron chi connectivity index (χ4n) is 0.292. The first kappa shape index (κ1) is 12.3. The lowest BCUT2D eigenvalue weighted by atomic mass is 10.9. The summed E-state index contributed by atoms with van der Waals surface area (Å²) < 4.78 is 9.81. The number of hydrogen-bond donors (Lipinski definition) is 1. The molecular formula is C4H13ClNO2P. The molecule has 0 radical (unpaired) electrons. The fourth-order valence-corrected chi connectivity index (χ4v) is 0.875. The molecule has 2 N–H and O–H groups in total. The van der Waals surface area contributed by atoms with Gasteiger partial charge in [-0.25, -0.2) is 0 Å². The Bertz CT molecular complexity index is 51.8. The summed E-state index contributed by atoms with van der Waals surface area (Å²) in [5.41, 5.74) is 5.32. The molecule has 0 aromatic heterocycles. The van der Waals surface area contributed by atoms with E-state index < -0.39 is 8.53 Å². The lowest BCUT2D eigenvalue weighted by Crippen LogP contribution is -1.97. The summed E-state index contributed by atoms with van der Waals surface area (Å²) in [5.74, 6) is 0. The molecule has 0 aliphatic carbocycles. The molecule has 0 aliphatic rings. The quantitative estimate of drug-likeness (QED) is 0.658. The van der Waals surface area contributed by atoms with Gasteiger partial charge in [0.15, 0.2) is 0 Å². The third-order valence-corrected chi connectivity index (χ3v) is 1.54. The lowest BCUT2D eigenvalue weighted by molar-refractivity contribution is 0.270. The average Bonchev–Trinajstić information content (AvgIpc) is 1.68. The summed E-state index contributed by atoms with van der Waals surface area (Å²) >= 11 is 0. The van der Waals surface area contributed by atoms with E-state index in [2.05, 4.69) is 0 Å². The zero-order chi connectivity index (χ0) is 6.41. The van der Waals surface area contributed by atoms with E-state index in [1.807, 2.05) is 13.8 Å². The van der Waals surface area contributed by atoms with Crippen molar-refractivity contribution in [2.45, 2.75) is 13.8 Å².